The van der Waals surface area contributed by atoms with Crippen LogP contribution in [-0.4, -0.2) is 20.7 Å². The van der Waals surface area contributed by atoms with Gasteiger partial charge in [-0.05, 0) is 13.0 Å². The second kappa shape index (κ2) is 5.17. The summed E-state index contributed by atoms with van der Waals surface area (Å²) < 4.78 is 2.78. The molecule has 0 aliphatic carbocycles. The lowest BCUT2D eigenvalue weighted by Gasteiger charge is -2.12. The van der Waals surface area contributed by atoms with E-state index in [1.807, 2.05) is 38.2 Å². The molecule has 3 N–H and O–H groups in total. The maximum atomic E-state index is 12.4. The number of carbonyl (C=O) groups excluding carboxylic acids is 1. The summed E-state index contributed by atoms with van der Waals surface area (Å²) in [5.41, 5.74) is 6.61. The molecule has 0 bridgehead atoms. The Morgan fingerprint density at radius 2 is 2.19 bits per heavy atom. The molecule has 1 atom stereocenters. The number of aryl methyl sites for hydroxylation is 1. The van der Waals surface area contributed by atoms with Crippen LogP contribution in [0, 0.1) is 0 Å². The van der Waals surface area contributed by atoms with E-state index in [9.17, 15) is 4.79 Å². The predicted molar refractivity (Wildman–Crippen MR) is 83.1 cm³/mol. The van der Waals surface area contributed by atoms with E-state index in [0.29, 0.717) is 16.4 Å². The van der Waals surface area contributed by atoms with E-state index in [1.54, 1.807) is 10.9 Å². The minimum absolute atomic E-state index is 0.191. The summed E-state index contributed by atoms with van der Waals surface area (Å²) in [5, 5.41) is 11.6. The van der Waals surface area contributed by atoms with Gasteiger partial charge in [-0.1, -0.05) is 18.2 Å². The summed E-state index contributed by atoms with van der Waals surface area (Å²) in [6.45, 7) is 1.87. The van der Waals surface area contributed by atoms with Crippen LogP contribution in [0.2, 0.25) is 0 Å². The number of nitrogen functional groups attached to an aromatic ring is 1. The van der Waals surface area contributed by atoms with Crippen LogP contribution in [-0.2, 0) is 7.05 Å². The Kier molecular flexibility index (Phi) is 3.34. The number of carbonyl (C=O) groups is 1. The van der Waals surface area contributed by atoms with Crippen LogP contribution in [0.25, 0.3) is 10.1 Å². The Labute approximate surface area is 125 Å². The van der Waals surface area contributed by atoms with Crippen LogP contribution < -0.4 is 11.1 Å². The minimum Gasteiger partial charge on any atom is -0.397 e. The molecule has 2 aromatic heterocycles. The van der Waals surface area contributed by atoms with Crippen molar-refractivity contribution in [3.63, 3.8) is 0 Å². The fourth-order valence-corrected chi connectivity index (χ4v) is 3.27. The Morgan fingerprint density at radius 1 is 1.43 bits per heavy atom. The Hall–Kier alpha value is -2.41. The van der Waals surface area contributed by atoms with Crippen LogP contribution in [0.3, 0.4) is 0 Å². The molecule has 0 aliphatic rings. The van der Waals surface area contributed by atoms with Crippen molar-refractivity contribution in [2.75, 3.05) is 5.73 Å². The van der Waals surface area contributed by atoms with E-state index in [0.717, 1.165) is 10.1 Å². The van der Waals surface area contributed by atoms with Crippen LogP contribution in [0.4, 0.5) is 5.69 Å². The average Bonchev–Trinajstić information content (AvgIpc) is 3.03. The van der Waals surface area contributed by atoms with Crippen LogP contribution in [0.1, 0.15) is 28.5 Å². The molecule has 21 heavy (non-hydrogen) atoms. The number of thiophene rings is 1. The normalized spacial score (nSPS) is 12.5. The van der Waals surface area contributed by atoms with Gasteiger partial charge in [-0.2, -0.15) is 0 Å². The molecule has 1 unspecified atom stereocenters. The summed E-state index contributed by atoms with van der Waals surface area (Å²) in [6.07, 6.45) is 1.60. The molecule has 0 saturated carbocycles. The van der Waals surface area contributed by atoms with E-state index in [2.05, 4.69) is 15.5 Å². The highest BCUT2D eigenvalue weighted by Gasteiger charge is 2.20. The quantitative estimate of drug-likeness (QED) is 0.775. The number of amides is 1. The van der Waals surface area contributed by atoms with Gasteiger partial charge in [0.1, 0.15) is 11.2 Å². The lowest BCUT2D eigenvalue weighted by atomic mass is 10.2. The zero-order valence-corrected chi connectivity index (χ0v) is 12.5. The topological polar surface area (TPSA) is 85.8 Å². The number of anilines is 1. The number of hydrogen-bond acceptors (Lipinski definition) is 5. The van der Waals surface area contributed by atoms with Crippen LogP contribution in [0.15, 0.2) is 30.6 Å². The molecule has 0 fully saturated rings. The standard InChI is InChI=1S/C14H15N5OS/c1-8(13-18-16-7-19(13)2)17-14(20)12-11(15)9-5-3-4-6-10(9)21-12/h3-8H,15H2,1-2H3,(H,17,20). The van der Waals surface area contributed by atoms with E-state index in [-0.39, 0.29) is 11.9 Å². The molecule has 0 radical (unpaired) electrons. The van der Waals surface area contributed by atoms with Crippen molar-refractivity contribution in [3.05, 3.63) is 41.3 Å². The van der Waals surface area contributed by atoms with Crippen LogP contribution >= 0.6 is 11.3 Å². The van der Waals surface area contributed by atoms with Gasteiger partial charge in [-0.25, -0.2) is 0 Å². The van der Waals surface area contributed by atoms with Crippen molar-refractivity contribution in [1.29, 1.82) is 0 Å². The molecule has 1 amide bonds. The number of rotatable bonds is 3. The van der Waals surface area contributed by atoms with E-state index in [4.69, 9.17) is 5.73 Å². The van der Waals surface area contributed by atoms with E-state index >= 15 is 0 Å². The Balaban J connectivity index is 1.87. The fourth-order valence-electron chi connectivity index (χ4n) is 2.24. The summed E-state index contributed by atoms with van der Waals surface area (Å²) >= 11 is 1.40. The first kappa shape index (κ1) is 13.6. The maximum Gasteiger partial charge on any atom is 0.264 e. The third-order valence-electron chi connectivity index (χ3n) is 3.32. The molecular weight excluding hydrogens is 286 g/mol. The van der Waals surface area contributed by atoms with Crippen molar-refractivity contribution < 1.29 is 4.79 Å². The number of nitrogens with one attached hydrogen (secondary N) is 1. The van der Waals surface area contributed by atoms with Crippen molar-refractivity contribution in [3.8, 4) is 0 Å². The maximum absolute atomic E-state index is 12.4. The van der Waals surface area contributed by atoms with Crippen LogP contribution in [0.5, 0.6) is 0 Å². The van der Waals surface area contributed by atoms with E-state index < -0.39 is 0 Å². The second-order valence-electron chi connectivity index (χ2n) is 4.84. The largest absolute Gasteiger partial charge is 0.397 e. The van der Waals surface area contributed by atoms with Gasteiger partial charge in [0.15, 0.2) is 5.82 Å². The molecule has 6 nitrogen and oxygen atoms in total. The first-order chi connectivity index (χ1) is 10.1. The highest BCUT2D eigenvalue weighted by atomic mass is 32.1. The molecule has 0 saturated heterocycles. The van der Waals surface area contributed by atoms with Gasteiger partial charge in [-0.3, -0.25) is 4.79 Å². The third-order valence-corrected chi connectivity index (χ3v) is 4.51. The molecule has 7 heteroatoms. The SMILES string of the molecule is CC(NC(=O)c1sc2ccccc2c1N)c1nncn1C. The number of fused-ring (bicyclic) bond motifs is 1. The Morgan fingerprint density at radius 3 is 2.86 bits per heavy atom. The fraction of sp³-hybridized carbons (Fsp3) is 0.214. The zero-order valence-electron chi connectivity index (χ0n) is 11.7. The van der Waals surface area contributed by atoms with Gasteiger partial charge < -0.3 is 15.6 Å². The monoisotopic (exact) mass is 301 g/mol. The second-order valence-corrected chi connectivity index (χ2v) is 5.89. The number of hydrogen-bond donors (Lipinski definition) is 2. The molecule has 3 rings (SSSR count). The average molecular weight is 301 g/mol. The molecule has 2 heterocycles. The summed E-state index contributed by atoms with van der Waals surface area (Å²) in [4.78, 5) is 12.9. The smallest absolute Gasteiger partial charge is 0.264 e. The molecular formula is C14H15N5OS. The van der Waals surface area contributed by atoms with Crippen molar-refractivity contribution >= 4 is 33.0 Å². The van der Waals surface area contributed by atoms with Gasteiger partial charge in [0.05, 0.1) is 11.7 Å². The van der Waals surface area contributed by atoms with E-state index in [1.165, 1.54) is 11.3 Å². The lowest BCUT2D eigenvalue weighted by molar-refractivity contribution is 0.0943. The summed E-state index contributed by atoms with van der Waals surface area (Å²) in [7, 11) is 1.84. The molecule has 0 aliphatic heterocycles. The van der Waals surface area contributed by atoms with Gasteiger partial charge >= 0.3 is 0 Å². The number of nitrogens with zero attached hydrogens (tertiary/aromatic N) is 3. The summed E-state index contributed by atoms with van der Waals surface area (Å²) in [5.74, 6) is 0.507. The number of benzene rings is 1. The van der Waals surface area contributed by atoms with Gasteiger partial charge in [0.2, 0.25) is 0 Å². The molecule has 1 aromatic carbocycles. The highest BCUT2D eigenvalue weighted by molar-refractivity contribution is 7.21. The lowest BCUT2D eigenvalue weighted by Crippen LogP contribution is -2.28. The minimum atomic E-state index is -0.241. The molecule has 0 spiro atoms. The van der Waals surface area contributed by atoms with Gasteiger partial charge in [-0.15, -0.1) is 21.5 Å². The number of nitrogens with two attached hydrogens (primary N) is 1. The number of aromatic nitrogens is 3. The highest BCUT2D eigenvalue weighted by Crippen LogP contribution is 2.33. The summed E-state index contributed by atoms with van der Waals surface area (Å²) in [6, 6.07) is 7.48. The first-order valence-corrected chi connectivity index (χ1v) is 7.31. The predicted octanol–water partition coefficient (Wildman–Crippen LogP) is 2.10. The van der Waals surface area contributed by atoms with Crippen molar-refractivity contribution in [2.24, 2.45) is 7.05 Å². The third kappa shape index (κ3) is 2.36. The Bertz CT molecular complexity index is 807. The van der Waals surface area contributed by atoms with Gasteiger partial charge in [0.25, 0.3) is 5.91 Å². The first-order valence-electron chi connectivity index (χ1n) is 6.49. The molecule has 108 valence electrons. The molecule has 3 aromatic rings. The van der Waals surface area contributed by atoms with Crippen molar-refractivity contribution in [1.82, 2.24) is 20.1 Å². The zero-order chi connectivity index (χ0) is 15.0. The van der Waals surface area contributed by atoms with Crippen molar-refractivity contribution in [2.45, 2.75) is 13.0 Å². The van der Waals surface area contributed by atoms with Gasteiger partial charge in [0, 0.05) is 17.1 Å².